The highest BCUT2D eigenvalue weighted by Gasteiger charge is 2.07. The molecule has 0 aliphatic carbocycles. The number of halogens is 1. The molecule has 0 rings (SSSR count). The van der Waals surface area contributed by atoms with E-state index in [1.54, 1.807) is 13.2 Å². The largest absolute Gasteiger partial charge is 0.377 e. The number of hydrogen-bond acceptors (Lipinski definition) is 1. The van der Waals surface area contributed by atoms with Crippen LogP contribution in [0.5, 0.6) is 0 Å². The fourth-order valence-corrected chi connectivity index (χ4v) is 0.836. The summed E-state index contributed by atoms with van der Waals surface area (Å²) < 4.78 is 17.4. The Morgan fingerprint density at radius 2 is 1.73 bits per heavy atom. The van der Waals surface area contributed by atoms with Crippen LogP contribution in [0.25, 0.3) is 0 Å². The molecule has 0 aliphatic rings. The first kappa shape index (κ1) is 10.6. The maximum atomic E-state index is 12.3. The lowest BCUT2D eigenvalue weighted by atomic mass is 10.1. The van der Waals surface area contributed by atoms with Gasteiger partial charge in [-0.05, 0) is 12.8 Å². The summed E-state index contributed by atoms with van der Waals surface area (Å²) >= 11 is 0. The Bertz CT molecular complexity index is 119. The van der Waals surface area contributed by atoms with Crippen molar-refractivity contribution in [2.45, 2.75) is 33.0 Å². The van der Waals surface area contributed by atoms with Crippen LogP contribution in [0.4, 0.5) is 4.39 Å². The number of rotatable bonds is 4. The fourth-order valence-electron chi connectivity index (χ4n) is 0.836. The van der Waals surface area contributed by atoms with Crippen molar-refractivity contribution >= 4 is 0 Å². The molecule has 66 valence electrons. The van der Waals surface area contributed by atoms with Gasteiger partial charge in [-0.25, -0.2) is 4.39 Å². The molecule has 2 heteroatoms. The molecule has 0 aromatic heterocycles. The highest BCUT2D eigenvalue weighted by atomic mass is 19.1. The Balaban J connectivity index is 3.87. The molecule has 0 saturated heterocycles. The molecule has 0 fully saturated rings. The molecule has 0 bridgehead atoms. The van der Waals surface area contributed by atoms with E-state index in [-0.39, 0.29) is 6.10 Å². The second-order valence-electron chi connectivity index (χ2n) is 3.01. The third-order valence-electron chi connectivity index (χ3n) is 1.50. The zero-order valence-corrected chi connectivity index (χ0v) is 7.67. The van der Waals surface area contributed by atoms with Crippen molar-refractivity contribution in [2.24, 2.45) is 5.92 Å². The van der Waals surface area contributed by atoms with Gasteiger partial charge in [-0.15, -0.1) is 0 Å². The third-order valence-corrected chi connectivity index (χ3v) is 1.50. The standard InChI is InChI=1S/C9H17FO/c1-7(2)9(11-4)6-5-8(3)10/h5-9H,1-4H3/b6-5-. The fraction of sp³-hybridized carbons (Fsp3) is 0.778. The molecule has 11 heavy (non-hydrogen) atoms. The van der Waals surface area contributed by atoms with E-state index in [0.29, 0.717) is 5.92 Å². The number of ether oxygens (including phenoxy) is 1. The van der Waals surface area contributed by atoms with Gasteiger partial charge in [0.15, 0.2) is 0 Å². The van der Waals surface area contributed by atoms with Crippen LogP contribution in [0.1, 0.15) is 20.8 Å². The summed E-state index contributed by atoms with van der Waals surface area (Å²) in [5.74, 6) is 0.398. The maximum absolute atomic E-state index is 12.3. The maximum Gasteiger partial charge on any atom is 0.116 e. The highest BCUT2D eigenvalue weighted by molar-refractivity contribution is 4.94. The summed E-state index contributed by atoms with van der Waals surface area (Å²) in [6, 6.07) is 0. The average Bonchev–Trinajstić information content (AvgIpc) is 1.87. The lowest BCUT2D eigenvalue weighted by Gasteiger charge is -2.14. The number of alkyl halides is 1. The molecule has 0 heterocycles. The van der Waals surface area contributed by atoms with E-state index in [0.717, 1.165) is 0 Å². The predicted molar refractivity (Wildman–Crippen MR) is 45.3 cm³/mol. The van der Waals surface area contributed by atoms with E-state index in [4.69, 9.17) is 4.74 Å². The molecule has 0 spiro atoms. The minimum absolute atomic E-state index is 0.0354. The van der Waals surface area contributed by atoms with Crippen molar-refractivity contribution < 1.29 is 9.13 Å². The quantitative estimate of drug-likeness (QED) is 0.574. The molecule has 0 aromatic rings. The zero-order chi connectivity index (χ0) is 8.85. The van der Waals surface area contributed by atoms with Crippen LogP contribution >= 0.6 is 0 Å². The van der Waals surface area contributed by atoms with Gasteiger partial charge in [-0.2, -0.15) is 0 Å². The Morgan fingerprint density at radius 1 is 1.18 bits per heavy atom. The average molecular weight is 160 g/mol. The summed E-state index contributed by atoms with van der Waals surface area (Å²) in [7, 11) is 1.64. The second kappa shape index (κ2) is 5.30. The third kappa shape index (κ3) is 4.96. The van der Waals surface area contributed by atoms with Gasteiger partial charge in [0.25, 0.3) is 0 Å². The van der Waals surface area contributed by atoms with Crippen molar-refractivity contribution in [3.05, 3.63) is 12.2 Å². The molecule has 2 unspecified atom stereocenters. The number of allylic oxidation sites excluding steroid dienone is 1. The summed E-state index contributed by atoms with van der Waals surface area (Å²) in [6.07, 6.45) is 2.45. The molecule has 0 N–H and O–H groups in total. The van der Waals surface area contributed by atoms with Crippen molar-refractivity contribution in [3.63, 3.8) is 0 Å². The van der Waals surface area contributed by atoms with E-state index < -0.39 is 6.17 Å². The number of methoxy groups -OCH3 is 1. The topological polar surface area (TPSA) is 9.23 Å². The van der Waals surface area contributed by atoms with Crippen LogP contribution in [0, 0.1) is 5.92 Å². The first-order valence-electron chi connectivity index (χ1n) is 3.93. The van der Waals surface area contributed by atoms with Gasteiger partial charge in [0.2, 0.25) is 0 Å². The van der Waals surface area contributed by atoms with Crippen LogP contribution in [0.2, 0.25) is 0 Å². The number of hydrogen-bond donors (Lipinski definition) is 0. The predicted octanol–water partition coefficient (Wildman–Crippen LogP) is 2.57. The van der Waals surface area contributed by atoms with Crippen molar-refractivity contribution in [2.75, 3.05) is 7.11 Å². The zero-order valence-electron chi connectivity index (χ0n) is 7.67. The van der Waals surface area contributed by atoms with E-state index in [9.17, 15) is 4.39 Å². The lowest BCUT2D eigenvalue weighted by molar-refractivity contribution is 0.103. The minimum Gasteiger partial charge on any atom is -0.377 e. The van der Waals surface area contributed by atoms with Gasteiger partial charge in [-0.1, -0.05) is 26.0 Å². The van der Waals surface area contributed by atoms with Gasteiger partial charge < -0.3 is 4.74 Å². The molecule has 1 nitrogen and oxygen atoms in total. The molecular weight excluding hydrogens is 143 g/mol. The van der Waals surface area contributed by atoms with Gasteiger partial charge in [0.05, 0.1) is 6.10 Å². The van der Waals surface area contributed by atoms with Crippen LogP contribution in [0.15, 0.2) is 12.2 Å². The molecule has 0 aromatic carbocycles. The summed E-state index contributed by atoms with van der Waals surface area (Å²) in [5.41, 5.74) is 0. The van der Waals surface area contributed by atoms with Crippen molar-refractivity contribution in [3.8, 4) is 0 Å². The Labute approximate surface area is 68.2 Å². The van der Waals surface area contributed by atoms with E-state index >= 15 is 0 Å². The summed E-state index contributed by atoms with van der Waals surface area (Å²) in [4.78, 5) is 0. The smallest absolute Gasteiger partial charge is 0.116 e. The van der Waals surface area contributed by atoms with Gasteiger partial charge >= 0.3 is 0 Å². The Morgan fingerprint density at radius 3 is 2.00 bits per heavy atom. The van der Waals surface area contributed by atoms with Gasteiger partial charge in [0, 0.05) is 7.11 Å². The molecule has 0 radical (unpaired) electrons. The minimum atomic E-state index is -0.883. The van der Waals surface area contributed by atoms with Gasteiger partial charge in [0.1, 0.15) is 6.17 Å². The normalized spacial score (nSPS) is 17.6. The van der Waals surface area contributed by atoms with Crippen LogP contribution in [0.3, 0.4) is 0 Å². The first-order valence-corrected chi connectivity index (χ1v) is 3.93. The van der Waals surface area contributed by atoms with E-state index in [2.05, 4.69) is 0 Å². The molecular formula is C9H17FO. The second-order valence-corrected chi connectivity index (χ2v) is 3.01. The van der Waals surface area contributed by atoms with E-state index in [1.165, 1.54) is 13.0 Å². The van der Waals surface area contributed by atoms with Crippen LogP contribution in [-0.2, 0) is 4.74 Å². The molecule has 2 atom stereocenters. The van der Waals surface area contributed by atoms with Crippen LogP contribution in [-0.4, -0.2) is 19.4 Å². The van der Waals surface area contributed by atoms with Gasteiger partial charge in [-0.3, -0.25) is 0 Å². The van der Waals surface area contributed by atoms with Crippen molar-refractivity contribution in [1.82, 2.24) is 0 Å². The summed E-state index contributed by atoms with van der Waals surface area (Å²) in [6.45, 7) is 5.59. The summed E-state index contributed by atoms with van der Waals surface area (Å²) in [5, 5.41) is 0. The monoisotopic (exact) mass is 160 g/mol. The highest BCUT2D eigenvalue weighted by Crippen LogP contribution is 2.07. The lowest BCUT2D eigenvalue weighted by Crippen LogP contribution is -2.14. The first-order chi connectivity index (χ1) is 5.07. The Kier molecular flexibility index (Phi) is 5.12. The molecule has 0 amide bonds. The molecule has 0 aliphatic heterocycles. The SMILES string of the molecule is COC(/C=C\C(C)F)C(C)C. The van der Waals surface area contributed by atoms with E-state index in [1.807, 2.05) is 13.8 Å². The molecule has 0 saturated carbocycles. The van der Waals surface area contributed by atoms with Crippen molar-refractivity contribution in [1.29, 1.82) is 0 Å². The Hall–Kier alpha value is -0.370. The van der Waals surface area contributed by atoms with Crippen LogP contribution < -0.4 is 0 Å².